The molecule has 1 N–H and O–H groups in total. The number of anilines is 1. The summed E-state index contributed by atoms with van der Waals surface area (Å²) in [7, 11) is 0. The molecule has 26 heavy (non-hydrogen) atoms. The van der Waals surface area contributed by atoms with E-state index in [1.54, 1.807) is 49.4 Å². The van der Waals surface area contributed by atoms with Crippen molar-refractivity contribution in [1.82, 2.24) is 5.32 Å². The molecule has 0 aliphatic carbocycles. The van der Waals surface area contributed by atoms with Crippen molar-refractivity contribution in [3.63, 3.8) is 0 Å². The lowest BCUT2D eigenvalue weighted by Crippen LogP contribution is -2.54. The Morgan fingerprint density at radius 1 is 1.04 bits per heavy atom. The van der Waals surface area contributed by atoms with Crippen LogP contribution < -0.4 is 10.2 Å². The highest BCUT2D eigenvalue weighted by atomic mass is 19.4. The number of nitrogens with one attached hydrogen (secondary N) is 1. The van der Waals surface area contributed by atoms with Crippen LogP contribution in [-0.4, -0.2) is 24.7 Å². The van der Waals surface area contributed by atoms with Crippen LogP contribution in [0.5, 0.6) is 0 Å². The van der Waals surface area contributed by atoms with E-state index >= 15 is 0 Å². The predicted molar refractivity (Wildman–Crippen MR) is 86.3 cm³/mol. The van der Waals surface area contributed by atoms with Gasteiger partial charge in [0.25, 0.3) is 0 Å². The minimum atomic E-state index is -5.74. The molecular formula is C18H15F5N2O. The van der Waals surface area contributed by atoms with E-state index in [9.17, 15) is 26.7 Å². The maximum absolute atomic E-state index is 13.5. The first-order chi connectivity index (χ1) is 12.1. The Bertz CT molecular complexity index is 820. The molecule has 8 heteroatoms. The van der Waals surface area contributed by atoms with Crippen molar-refractivity contribution in [3.8, 4) is 0 Å². The van der Waals surface area contributed by atoms with E-state index in [1.165, 1.54) is 6.07 Å². The van der Waals surface area contributed by atoms with Crippen LogP contribution in [0.15, 0.2) is 48.5 Å². The Kier molecular flexibility index (Phi) is 4.37. The molecule has 1 aliphatic rings. The molecule has 1 aliphatic heterocycles. The van der Waals surface area contributed by atoms with Crippen molar-refractivity contribution in [3.05, 3.63) is 65.2 Å². The van der Waals surface area contributed by atoms with Gasteiger partial charge in [0.2, 0.25) is 0 Å². The largest absolute Gasteiger partial charge is 0.455 e. The summed E-state index contributed by atoms with van der Waals surface area (Å²) in [5.74, 6) is -5.02. The molecule has 2 amide bonds. The third-order valence-electron chi connectivity index (χ3n) is 4.20. The highest BCUT2D eigenvalue weighted by Gasteiger charge is 2.59. The van der Waals surface area contributed by atoms with Crippen LogP contribution in [0.25, 0.3) is 0 Å². The van der Waals surface area contributed by atoms with Gasteiger partial charge in [-0.05, 0) is 18.6 Å². The first-order valence-electron chi connectivity index (χ1n) is 7.78. The van der Waals surface area contributed by atoms with Gasteiger partial charge in [-0.2, -0.15) is 22.0 Å². The summed E-state index contributed by atoms with van der Waals surface area (Å²) in [5, 5.41) is 2.53. The molecule has 138 valence electrons. The Balaban J connectivity index is 2.05. The summed E-state index contributed by atoms with van der Waals surface area (Å²) >= 11 is 0. The highest BCUT2D eigenvalue weighted by molar-refractivity contribution is 5.96. The summed E-state index contributed by atoms with van der Waals surface area (Å²) in [5.41, 5.74) is 2.00. The molecule has 1 unspecified atom stereocenters. The standard InChI is InChI=1S/C18H15F5N2O/c1-11-7-8-14-13(9-11)15(12-5-3-2-4-6-12)24-16(26)25(14)10-17(19,20)18(21,22)23/h2-9,15H,10H2,1H3,(H,24,26). The normalized spacial score (nSPS) is 17.7. The smallest absolute Gasteiger partial charge is 0.327 e. The van der Waals surface area contributed by atoms with E-state index in [-0.39, 0.29) is 5.69 Å². The zero-order chi connectivity index (χ0) is 19.1. The van der Waals surface area contributed by atoms with E-state index in [4.69, 9.17) is 0 Å². The summed E-state index contributed by atoms with van der Waals surface area (Å²) < 4.78 is 64.8. The highest BCUT2D eigenvalue weighted by Crippen LogP contribution is 2.40. The molecule has 2 aromatic rings. The Hall–Kier alpha value is -2.64. The second-order valence-corrected chi connectivity index (χ2v) is 6.14. The fourth-order valence-electron chi connectivity index (χ4n) is 2.89. The summed E-state index contributed by atoms with van der Waals surface area (Å²) in [6.45, 7) is -0.00662. The molecule has 0 bridgehead atoms. The maximum atomic E-state index is 13.5. The van der Waals surface area contributed by atoms with Crippen LogP contribution in [0.4, 0.5) is 32.4 Å². The fourth-order valence-corrected chi connectivity index (χ4v) is 2.89. The fraction of sp³-hybridized carbons (Fsp3) is 0.278. The minimum Gasteiger partial charge on any atom is -0.327 e. The lowest BCUT2D eigenvalue weighted by molar-refractivity contribution is -0.276. The molecule has 0 spiro atoms. The van der Waals surface area contributed by atoms with E-state index in [0.717, 1.165) is 5.56 Å². The average Bonchev–Trinajstić information content (AvgIpc) is 2.57. The van der Waals surface area contributed by atoms with Crippen molar-refractivity contribution in [2.24, 2.45) is 0 Å². The lowest BCUT2D eigenvalue weighted by atomic mass is 9.93. The van der Waals surface area contributed by atoms with Crippen molar-refractivity contribution in [2.45, 2.75) is 25.1 Å². The van der Waals surface area contributed by atoms with Gasteiger partial charge in [-0.3, -0.25) is 4.90 Å². The number of rotatable bonds is 3. The van der Waals surface area contributed by atoms with Crippen LogP contribution in [0.3, 0.4) is 0 Å². The minimum absolute atomic E-state index is 0.0390. The Morgan fingerprint density at radius 2 is 1.69 bits per heavy atom. The van der Waals surface area contributed by atoms with Gasteiger partial charge in [0.05, 0.1) is 11.7 Å². The number of amides is 2. The monoisotopic (exact) mass is 370 g/mol. The van der Waals surface area contributed by atoms with Crippen LogP contribution in [-0.2, 0) is 0 Å². The first kappa shape index (κ1) is 18.2. The van der Waals surface area contributed by atoms with Crippen molar-refractivity contribution < 1.29 is 26.7 Å². The third-order valence-corrected chi connectivity index (χ3v) is 4.20. The number of carbonyl (C=O) groups is 1. The van der Waals surface area contributed by atoms with Gasteiger partial charge < -0.3 is 5.32 Å². The average molecular weight is 370 g/mol. The number of fused-ring (bicyclic) bond motifs is 1. The number of carbonyl (C=O) groups excluding carboxylic acids is 1. The topological polar surface area (TPSA) is 32.3 Å². The summed E-state index contributed by atoms with van der Waals surface area (Å²) in [6, 6.07) is 11.8. The molecule has 0 fully saturated rings. The molecule has 2 aromatic carbocycles. The van der Waals surface area contributed by atoms with Crippen LogP contribution in [0.2, 0.25) is 0 Å². The quantitative estimate of drug-likeness (QED) is 0.773. The van der Waals surface area contributed by atoms with Gasteiger partial charge in [0.1, 0.15) is 6.54 Å². The zero-order valence-corrected chi connectivity index (χ0v) is 13.6. The number of nitrogens with zero attached hydrogens (tertiary/aromatic N) is 1. The van der Waals surface area contributed by atoms with Crippen LogP contribution in [0, 0.1) is 6.92 Å². The van der Waals surface area contributed by atoms with Gasteiger partial charge in [0, 0.05) is 5.56 Å². The molecule has 0 radical (unpaired) electrons. The van der Waals surface area contributed by atoms with Gasteiger partial charge in [-0.1, -0.05) is 48.0 Å². The van der Waals surface area contributed by atoms with Gasteiger partial charge in [-0.25, -0.2) is 4.79 Å². The maximum Gasteiger partial charge on any atom is 0.455 e. The molecule has 0 saturated carbocycles. The van der Waals surface area contributed by atoms with Gasteiger partial charge in [0.15, 0.2) is 0 Å². The van der Waals surface area contributed by atoms with E-state index in [2.05, 4.69) is 5.32 Å². The van der Waals surface area contributed by atoms with E-state index < -0.39 is 30.7 Å². The van der Waals surface area contributed by atoms with Crippen molar-refractivity contribution in [1.29, 1.82) is 0 Å². The number of hydrogen-bond donors (Lipinski definition) is 1. The Labute approximate surface area is 146 Å². The first-order valence-corrected chi connectivity index (χ1v) is 7.78. The van der Waals surface area contributed by atoms with Gasteiger partial charge >= 0.3 is 18.1 Å². The number of hydrogen-bond acceptors (Lipinski definition) is 1. The second kappa shape index (κ2) is 6.26. The third kappa shape index (κ3) is 3.23. The summed E-state index contributed by atoms with van der Waals surface area (Å²) in [4.78, 5) is 12.8. The summed E-state index contributed by atoms with van der Waals surface area (Å²) in [6.07, 6.45) is -5.74. The van der Waals surface area contributed by atoms with E-state index in [1.807, 2.05) is 0 Å². The number of aryl methyl sites for hydroxylation is 1. The molecule has 1 heterocycles. The number of urea groups is 1. The predicted octanol–water partition coefficient (Wildman–Crippen LogP) is 4.81. The van der Waals surface area contributed by atoms with E-state index in [0.29, 0.717) is 16.0 Å². The van der Waals surface area contributed by atoms with Crippen LogP contribution >= 0.6 is 0 Å². The zero-order valence-electron chi connectivity index (χ0n) is 13.6. The van der Waals surface area contributed by atoms with Crippen molar-refractivity contribution >= 4 is 11.7 Å². The number of benzene rings is 2. The molecule has 3 nitrogen and oxygen atoms in total. The van der Waals surface area contributed by atoms with Crippen molar-refractivity contribution in [2.75, 3.05) is 11.4 Å². The van der Waals surface area contributed by atoms with Crippen LogP contribution in [0.1, 0.15) is 22.7 Å². The number of halogens is 5. The molecule has 0 aromatic heterocycles. The SMILES string of the molecule is Cc1ccc2c(c1)C(c1ccccc1)NC(=O)N2CC(F)(F)C(F)(F)F. The molecule has 3 rings (SSSR count). The molecule has 1 atom stereocenters. The molecular weight excluding hydrogens is 355 g/mol. The second-order valence-electron chi connectivity index (χ2n) is 6.14. The lowest BCUT2D eigenvalue weighted by Gasteiger charge is -2.37. The number of alkyl halides is 5. The van der Waals surface area contributed by atoms with Gasteiger partial charge in [-0.15, -0.1) is 0 Å². The molecule has 0 saturated heterocycles. The Morgan fingerprint density at radius 3 is 2.31 bits per heavy atom.